The van der Waals surface area contributed by atoms with Crippen molar-refractivity contribution in [3.05, 3.63) is 77.0 Å². The number of pyridine rings is 2. The number of sulfonamides is 1. The molecule has 0 amide bonds. The fourth-order valence-corrected chi connectivity index (χ4v) is 4.34. The second kappa shape index (κ2) is 7.78. The highest BCUT2D eigenvalue weighted by Crippen LogP contribution is 2.27. The standard InChI is InChI=1S/C18H12Cl2N6O2S/c19-12-7-8-16(13(20)11-12)29(27,28)25-26-17(14-5-1-3-9-21-14)23-24-18(26)15-6-2-4-10-22-15/h1-11,25H. The highest BCUT2D eigenvalue weighted by atomic mass is 35.5. The number of hydrogen-bond acceptors (Lipinski definition) is 6. The maximum absolute atomic E-state index is 13.0. The smallest absolute Gasteiger partial charge is 0.253 e. The zero-order valence-corrected chi connectivity index (χ0v) is 16.9. The van der Waals surface area contributed by atoms with Crippen LogP contribution >= 0.6 is 23.2 Å². The molecule has 4 rings (SSSR count). The van der Waals surface area contributed by atoms with Gasteiger partial charge in [-0.3, -0.25) is 9.97 Å². The fraction of sp³-hybridized carbons (Fsp3) is 0. The van der Waals surface area contributed by atoms with Crippen molar-refractivity contribution in [3.8, 4) is 23.0 Å². The van der Waals surface area contributed by atoms with Gasteiger partial charge in [-0.05, 0) is 42.5 Å². The lowest BCUT2D eigenvalue weighted by Gasteiger charge is -2.14. The number of benzene rings is 1. The number of nitrogens with zero attached hydrogens (tertiary/aromatic N) is 5. The van der Waals surface area contributed by atoms with E-state index in [1.807, 2.05) is 0 Å². The summed E-state index contributed by atoms with van der Waals surface area (Å²) in [7, 11) is -4.10. The van der Waals surface area contributed by atoms with E-state index in [0.717, 1.165) is 0 Å². The van der Waals surface area contributed by atoms with Crippen LogP contribution in [0.2, 0.25) is 10.0 Å². The van der Waals surface area contributed by atoms with Crippen molar-refractivity contribution >= 4 is 33.2 Å². The van der Waals surface area contributed by atoms with Gasteiger partial charge in [0.2, 0.25) is 11.6 Å². The zero-order chi connectivity index (χ0) is 20.4. The summed E-state index contributed by atoms with van der Waals surface area (Å²) in [5, 5.41) is 8.52. The Morgan fingerprint density at radius 2 is 1.41 bits per heavy atom. The average molecular weight is 447 g/mol. The van der Waals surface area contributed by atoms with Gasteiger partial charge in [-0.25, -0.2) is 9.51 Å². The average Bonchev–Trinajstić information content (AvgIpc) is 3.11. The molecular formula is C18H12Cl2N6O2S. The topological polar surface area (TPSA) is 103 Å². The molecule has 0 spiro atoms. The summed E-state index contributed by atoms with van der Waals surface area (Å²) in [6, 6.07) is 14.5. The molecule has 0 aliphatic rings. The van der Waals surface area contributed by atoms with Gasteiger partial charge in [-0.1, -0.05) is 35.3 Å². The predicted molar refractivity (Wildman–Crippen MR) is 109 cm³/mol. The first kappa shape index (κ1) is 19.3. The number of rotatable bonds is 5. The van der Waals surface area contributed by atoms with Gasteiger partial charge in [0.1, 0.15) is 16.3 Å². The van der Waals surface area contributed by atoms with E-state index >= 15 is 0 Å². The van der Waals surface area contributed by atoms with Gasteiger partial charge in [0.05, 0.1) is 5.02 Å². The number of aromatic nitrogens is 5. The molecular weight excluding hydrogens is 435 g/mol. The first-order valence-corrected chi connectivity index (χ1v) is 10.5. The van der Waals surface area contributed by atoms with E-state index in [1.54, 1.807) is 48.8 Å². The SMILES string of the molecule is O=S(=O)(Nn1c(-c2ccccn2)nnc1-c1ccccn1)c1ccc(Cl)cc1Cl. The third kappa shape index (κ3) is 3.93. The number of halogens is 2. The van der Waals surface area contributed by atoms with E-state index in [9.17, 15) is 8.42 Å². The Bertz CT molecular complexity index is 1210. The van der Waals surface area contributed by atoms with Gasteiger partial charge in [0.15, 0.2) is 0 Å². The lowest BCUT2D eigenvalue weighted by atomic mass is 10.3. The van der Waals surface area contributed by atoms with Crippen LogP contribution in [-0.4, -0.2) is 33.3 Å². The first-order valence-electron chi connectivity index (χ1n) is 8.22. The van der Waals surface area contributed by atoms with Crippen molar-refractivity contribution in [2.75, 3.05) is 4.83 Å². The number of hydrogen-bond donors (Lipinski definition) is 1. The molecule has 0 aliphatic heterocycles. The minimum Gasteiger partial charge on any atom is -0.253 e. The molecule has 0 radical (unpaired) electrons. The Balaban J connectivity index is 1.86. The fourth-order valence-electron chi connectivity index (χ4n) is 2.56. The van der Waals surface area contributed by atoms with Gasteiger partial charge in [-0.2, -0.15) is 8.42 Å². The molecule has 0 fully saturated rings. The summed E-state index contributed by atoms with van der Waals surface area (Å²) in [5.41, 5.74) is 0.846. The third-order valence-corrected chi connectivity index (χ3v) is 5.86. The van der Waals surface area contributed by atoms with Crippen molar-refractivity contribution in [2.45, 2.75) is 4.90 Å². The van der Waals surface area contributed by atoms with Crippen LogP contribution in [-0.2, 0) is 10.0 Å². The van der Waals surface area contributed by atoms with Crippen LogP contribution in [0.4, 0.5) is 0 Å². The molecule has 1 N–H and O–H groups in total. The maximum Gasteiger partial charge on any atom is 0.276 e. The van der Waals surface area contributed by atoms with E-state index in [0.29, 0.717) is 16.4 Å². The zero-order valence-electron chi connectivity index (χ0n) is 14.6. The van der Waals surface area contributed by atoms with Crippen LogP contribution < -0.4 is 4.83 Å². The molecule has 0 saturated carbocycles. The molecule has 1 aromatic carbocycles. The molecule has 8 nitrogen and oxygen atoms in total. The molecule has 11 heteroatoms. The van der Waals surface area contributed by atoms with Crippen molar-refractivity contribution in [1.29, 1.82) is 0 Å². The highest BCUT2D eigenvalue weighted by Gasteiger charge is 2.24. The molecule has 146 valence electrons. The third-order valence-electron chi connectivity index (χ3n) is 3.85. The molecule has 0 bridgehead atoms. The van der Waals surface area contributed by atoms with Gasteiger partial charge in [0.25, 0.3) is 10.0 Å². The van der Waals surface area contributed by atoms with Crippen molar-refractivity contribution in [2.24, 2.45) is 0 Å². The Labute approximate surface area is 176 Å². The summed E-state index contributed by atoms with van der Waals surface area (Å²) in [6.07, 6.45) is 3.14. The van der Waals surface area contributed by atoms with Crippen LogP contribution in [0.1, 0.15) is 0 Å². The van der Waals surface area contributed by atoms with Gasteiger partial charge < -0.3 is 0 Å². The summed E-state index contributed by atoms with van der Waals surface area (Å²) < 4.78 is 27.3. The highest BCUT2D eigenvalue weighted by molar-refractivity contribution is 7.92. The second-order valence-corrected chi connectivity index (χ2v) is 8.25. The quantitative estimate of drug-likeness (QED) is 0.501. The number of nitrogens with one attached hydrogen (secondary N) is 1. The van der Waals surface area contributed by atoms with E-state index in [2.05, 4.69) is 25.0 Å². The summed E-state index contributed by atoms with van der Waals surface area (Å²) >= 11 is 12.0. The van der Waals surface area contributed by atoms with Crippen LogP contribution in [0, 0.1) is 0 Å². The first-order chi connectivity index (χ1) is 14.0. The van der Waals surface area contributed by atoms with Crippen LogP contribution in [0.25, 0.3) is 23.0 Å². The van der Waals surface area contributed by atoms with E-state index in [-0.39, 0.29) is 21.6 Å². The molecule has 0 unspecified atom stereocenters. The Morgan fingerprint density at radius 3 is 1.90 bits per heavy atom. The normalized spacial score (nSPS) is 11.4. The molecule has 0 atom stereocenters. The van der Waals surface area contributed by atoms with Crippen LogP contribution in [0.15, 0.2) is 71.9 Å². The molecule has 4 aromatic rings. The molecule has 3 heterocycles. The summed E-state index contributed by atoms with van der Waals surface area (Å²) in [4.78, 5) is 10.8. The summed E-state index contributed by atoms with van der Waals surface area (Å²) in [5.74, 6) is 0.389. The second-order valence-electron chi connectivity index (χ2n) is 5.78. The molecule has 0 aliphatic carbocycles. The molecule has 3 aromatic heterocycles. The van der Waals surface area contributed by atoms with Crippen molar-refractivity contribution in [1.82, 2.24) is 24.8 Å². The minimum absolute atomic E-state index is 0.0168. The Kier molecular flexibility index (Phi) is 5.18. The lowest BCUT2D eigenvalue weighted by Crippen LogP contribution is -2.25. The van der Waals surface area contributed by atoms with Gasteiger partial charge in [0, 0.05) is 17.4 Å². The largest absolute Gasteiger partial charge is 0.276 e. The molecule has 0 saturated heterocycles. The minimum atomic E-state index is -4.10. The lowest BCUT2D eigenvalue weighted by molar-refractivity contribution is 0.595. The molecule has 29 heavy (non-hydrogen) atoms. The van der Waals surface area contributed by atoms with E-state index < -0.39 is 10.0 Å². The van der Waals surface area contributed by atoms with Crippen molar-refractivity contribution in [3.63, 3.8) is 0 Å². The Hall–Kier alpha value is -3.01. The predicted octanol–water partition coefficient (Wildman–Crippen LogP) is 3.64. The van der Waals surface area contributed by atoms with Crippen LogP contribution in [0.3, 0.4) is 0 Å². The summed E-state index contributed by atoms with van der Waals surface area (Å²) in [6.45, 7) is 0. The van der Waals surface area contributed by atoms with Crippen LogP contribution in [0.5, 0.6) is 0 Å². The van der Waals surface area contributed by atoms with E-state index in [1.165, 1.54) is 22.9 Å². The Morgan fingerprint density at radius 1 is 0.828 bits per heavy atom. The van der Waals surface area contributed by atoms with Gasteiger partial charge in [-0.15, -0.1) is 10.2 Å². The van der Waals surface area contributed by atoms with Crippen molar-refractivity contribution < 1.29 is 8.42 Å². The van der Waals surface area contributed by atoms with Gasteiger partial charge >= 0.3 is 0 Å². The maximum atomic E-state index is 13.0. The monoisotopic (exact) mass is 446 g/mol. The van der Waals surface area contributed by atoms with E-state index in [4.69, 9.17) is 23.2 Å².